The molecule has 4 nitrogen and oxygen atoms in total. The van der Waals surface area contributed by atoms with Crippen LogP contribution in [0.4, 0.5) is 5.13 Å². The van der Waals surface area contributed by atoms with Gasteiger partial charge >= 0.3 is 0 Å². The van der Waals surface area contributed by atoms with E-state index in [0.717, 1.165) is 16.0 Å². The summed E-state index contributed by atoms with van der Waals surface area (Å²) in [6, 6.07) is 6.58. The number of nitrogens with zero attached hydrogens (tertiary/aromatic N) is 1. The molecule has 0 saturated carbocycles. The maximum Gasteiger partial charge on any atom is 0.273 e. The summed E-state index contributed by atoms with van der Waals surface area (Å²) in [6.45, 7) is 0. The third-order valence-corrected chi connectivity index (χ3v) is 8.04. The van der Waals surface area contributed by atoms with Crippen molar-refractivity contribution in [1.29, 1.82) is 0 Å². The average Bonchev–Trinajstić information content (AvgIpc) is 2.92. The van der Waals surface area contributed by atoms with Crippen LogP contribution < -0.4 is 4.72 Å². The molecule has 0 aliphatic rings. The summed E-state index contributed by atoms with van der Waals surface area (Å²) < 4.78 is 28.5. The molecule has 0 aliphatic carbocycles. The fraction of sp³-hybridized carbons (Fsp3) is 0. The van der Waals surface area contributed by atoms with Crippen LogP contribution in [-0.2, 0) is 10.0 Å². The molecular formula is C11H5BrCl2N2O2S3. The third-order valence-electron chi connectivity index (χ3n) is 2.46. The largest absolute Gasteiger partial charge is 0.273 e. The molecule has 21 heavy (non-hydrogen) atoms. The Labute approximate surface area is 146 Å². The van der Waals surface area contributed by atoms with Gasteiger partial charge in [-0.1, -0.05) is 34.5 Å². The summed E-state index contributed by atoms with van der Waals surface area (Å²) in [6.07, 6.45) is 0. The van der Waals surface area contributed by atoms with Crippen LogP contribution >= 0.6 is 61.8 Å². The molecule has 1 N–H and O–H groups in total. The van der Waals surface area contributed by atoms with Gasteiger partial charge in [-0.3, -0.25) is 4.72 Å². The van der Waals surface area contributed by atoms with Crippen molar-refractivity contribution in [3.63, 3.8) is 0 Å². The molecule has 110 valence electrons. The summed E-state index contributed by atoms with van der Waals surface area (Å²) in [4.78, 5) is 4.22. The van der Waals surface area contributed by atoms with E-state index in [0.29, 0.717) is 19.3 Å². The lowest BCUT2D eigenvalue weighted by molar-refractivity contribution is 0.603. The maximum atomic E-state index is 12.3. The molecule has 0 bridgehead atoms. The third kappa shape index (κ3) is 3.20. The molecule has 0 fully saturated rings. The van der Waals surface area contributed by atoms with Gasteiger partial charge in [-0.2, -0.15) is 0 Å². The number of halogens is 3. The molecule has 3 rings (SSSR count). The molecule has 0 saturated heterocycles. The number of thiophene rings is 1. The first-order valence-corrected chi connectivity index (χ1v) is 10.1. The quantitative estimate of drug-likeness (QED) is 0.602. The van der Waals surface area contributed by atoms with Crippen molar-refractivity contribution < 1.29 is 8.42 Å². The smallest absolute Gasteiger partial charge is 0.254 e. The summed E-state index contributed by atoms with van der Waals surface area (Å²) >= 11 is 17.2. The van der Waals surface area contributed by atoms with Crippen LogP contribution in [-0.4, -0.2) is 13.4 Å². The number of rotatable bonds is 3. The van der Waals surface area contributed by atoms with Gasteiger partial charge in [0.1, 0.15) is 4.21 Å². The molecule has 2 aromatic heterocycles. The SMILES string of the molecule is O=S(=O)(Nc1nc2ccc(Cl)cc2s1)c1cc(Cl)c(Br)s1. The van der Waals surface area contributed by atoms with E-state index in [9.17, 15) is 8.42 Å². The Kier molecular flexibility index (Phi) is 4.19. The second-order valence-corrected chi connectivity index (χ2v) is 10.1. The van der Waals surface area contributed by atoms with Gasteiger partial charge in [-0.25, -0.2) is 13.4 Å². The second kappa shape index (κ2) is 5.68. The summed E-state index contributed by atoms with van der Waals surface area (Å²) in [7, 11) is -3.70. The van der Waals surface area contributed by atoms with Crippen molar-refractivity contribution in [2.45, 2.75) is 4.21 Å². The van der Waals surface area contributed by atoms with Crippen molar-refractivity contribution in [3.8, 4) is 0 Å². The standard InChI is InChI=1S/C11H5BrCl2N2O2S3/c12-10-6(14)4-9(20-10)21(17,18)16-11-15-7-2-1-5(13)3-8(7)19-11/h1-4H,(H,15,16). The first-order valence-electron chi connectivity index (χ1n) is 5.39. The van der Waals surface area contributed by atoms with Gasteiger partial charge in [0.25, 0.3) is 10.0 Å². The lowest BCUT2D eigenvalue weighted by atomic mass is 10.3. The van der Waals surface area contributed by atoms with Gasteiger partial charge in [0.05, 0.1) is 19.0 Å². The first kappa shape index (κ1) is 15.5. The van der Waals surface area contributed by atoms with Gasteiger partial charge in [-0.15, -0.1) is 11.3 Å². The highest BCUT2D eigenvalue weighted by atomic mass is 79.9. The summed E-state index contributed by atoms with van der Waals surface area (Å²) in [5.74, 6) is 0. The zero-order chi connectivity index (χ0) is 15.2. The molecular weight excluding hydrogens is 439 g/mol. The minimum Gasteiger partial charge on any atom is -0.254 e. The zero-order valence-corrected chi connectivity index (χ0v) is 15.5. The van der Waals surface area contributed by atoms with Crippen LogP contribution in [0.15, 0.2) is 32.3 Å². The van der Waals surface area contributed by atoms with Crippen molar-refractivity contribution in [3.05, 3.63) is 38.1 Å². The Hall–Kier alpha value is -0.380. The van der Waals surface area contributed by atoms with E-state index in [1.54, 1.807) is 18.2 Å². The molecule has 0 radical (unpaired) electrons. The van der Waals surface area contributed by atoms with E-state index >= 15 is 0 Å². The van der Waals surface area contributed by atoms with E-state index in [2.05, 4.69) is 25.6 Å². The van der Waals surface area contributed by atoms with Crippen molar-refractivity contribution >= 4 is 87.2 Å². The molecule has 1 aromatic carbocycles. The lowest BCUT2D eigenvalue weighted by Crippen LogP contribution is -2.11. The monoisotopic (exact) mass is 442 g/mol. The molecule has 0 aliphatic heterocycles. The number of sulfonamides is 1. The Morgan fingerprint density at radius 2 is 1.95 bits per heavy atom. The van der Waals surface area contributed by atoms with E-state index in [-0.39, 0.29) is 9.34 Å². The molecule has 0 amide bonds. The minimum atomic E-state index is -3.70. The topological polar surface area (TPSA) is 59.1 Å². The molecule has 10 heteroatoms. The van der Waals surface area contributed by atoms with Gasteiger partial charge < -0.3 is 0 Å². The van der Waals surface area contributed by atoms with Crippen LogP contribution in [0.3, 0.4) is 0 Å². The predicted molar refractivity (Wildman–Crippen MR) is 92.5 cm³/mol. The highest BCUT2D eigenvalue weighted by Gasteiger charge is 2.20. The Balaban J connectivity index is 1.97. The number of nitrogens with one attached hydrogen (secondary N) is 1. The Morgan fingerprint density at radius 1 is 1.19 bits per heavy atom. The van der Waals surface area contributed by atoms with E-state index < -0.39 is 10.0 Å². The number of hydrogen-bond acceptors (Lipinski definition) is 5. The van der Waals surface area contributed by atoms with Crippen molar-refractivity contribution in [2.24, 2.45) is 0 Å². The molecule has 3 aromatic rings. The Morgan fingerprint density at radius 3 is 2.62 bits per heavy atom. The fourth-order valence-electron chi connectivity index (χ4n) is 1.57. The highest BCUT2D eigenvalue weighted by Crippen LogP contribution is 2.36. The first-order chi connectivity index (χ1) is 9.85. The van der Waals surface area contributed by atoms with Gasteiger partial charge in [-0.05, 0) is 40.2 Å². The van der Waals surface area contributed by atoms with Crippen LogP contribution in [0.5, 0.6) is 0 Å². The van der Waals surface area contributed by atoms with Crippen molar-refractivity contribution in [2.75, 3.05) is 4.72 Å². The number of hydrogen-bond donors (Lipinski definition) is 1. The molecule has 0 unspecified atom stereocenters. The van der Waals surface area contributed by atoms with Crippen LogP contribution in [0.2, 0.25) is 10.0 Å². The van der Waals surface area contributed by atoms with Crippen LogP contribution in [0.25, 0.3) is 10.2 Å². The van der Waals surface area contributed by atoms with E-state index in [1.807, 2.05) is 0 Å². The number of benzene rings is 1. The van der Waals surface area contributed by atoms with E-state index in [4.69, 9.17) is 23.2 Å². The number of thiazole rings is 1. The fourth-order valence-corrected chi connectivity index (χ4v) is 6.34. The van der Waals surface area contributed by atoms with Crippen LogP contribution in [0.1, 0.15) is 0 Å². The summed E-state index contributed by atoms with van der Waals surface area (Å²) in [5.41, 5.74) is 0.687. The summed E-state index contributed by atoms with van der Waals surface area (Å²) in [5, 5.41) is 1.22. The van der Waals surface area contributed by atoms with Gasteiger partial charge in [0.2, 0.25) is 0 Å². The number of anilines is 1. The maximum absolute atomic E-state index is 12.3. The van der Waals surface area contributed by atoms with Crippen molar-refractivity contribution in [1.82, 2.24) is 4.98 Å². The number of fused-ring (bicyclic) bond motifs is 1. The average molecular weight is 444 g/mol. The molecule has 2 heterocycles. The van der Waals surface area contributed by atoms with Gasteiger partial charge in [0, 0.05) is 5.02 Å². The predicted octanol–water partition coefficient (Wildman–Crippen LogP) is 5.23. The second-order valence-electron chi connectivity index (χ2n) is 3.92. The molecule has 0 spiro atoms. The highest BCUT2D eigenvalue weighted by molar-refractivity contribution is 9.11. The minimum absolute atomic E-state index is 0.122. The lowest BCUT2D eigenvalue weighted by Gasteiger charge is -2.01. The Bertz CT molecular complexity index is 917. The normalized spacial score (nSPS) is 12.0. The van der Waals surface area contributed by atoms with E-state index in [1.165, 1.54) is 17.4 Å². The number of aromatic nitrogens is 1. The van der Waals surface area contributed by atoms with Crippen LogP contribution in [0, 0.1) is 0 Å². The molecule has 0 atom stereocenters. The zero-order valence-electron chi connectivity index (χ0n) is 9.93. The van der Waals surface area contributed by atoms with Gasteiger partial charge in [0.15, 0.2) is 5.13 Å².